The lowest BCUT2D eigenvalue weighted by molar-refractivity contribution is -0.190. The highest BCUT2D eigenvalue weighted by Gasteiger charge is 2.53. The van der Waals surface area contributed by atoms with Gasteiger partial charge in [-0.15, -0.1) is 0 Å². The van der Waals surface area contributed by atoms with Crippen LogP contribution in [0.1, 0.15) is 62.3 Å². The van der Waals surface area contributed by atoms with Gasteiger partial charge in [0, 0.05) is 5.92 Å². The molecule has 0 aromatic heterocycles. The van der Waals surface area contributed by atoms with Crippen LogP contribution in [0.2, 0.25) is 18.1 Å². The van der Waals surface area contributed by atoms with Crippen LogP contribution in [-0.2, 0) is 18.7 Å². The summed E-state index contributed by atoms with van der Waals surface area (Å²) in [6, 6.07) is -0.798. The van der Waals surface area contributed by atoms with Crippen molar-refractivity contribution >= 4 is 20.4 Å². The van der Waals surface area contributed by atoms with E-state index in [1.807, 2.05) is 20.8 Å². The van der Waals surface area contributed by atoms with Gasteiger partial charge >= 0.3 is 12.1 Å². The Balaban J connectivity index is 3.04. The fourth-order valence-corrected chi connectivity index (χ4v) is 4.26. The lowest BCUT2D eigenvalue weighted by Gasteiger charge is -2.50. The molecular weight excluding hydrogens is 350 g/mol. The first-order valence-electron chi connectivity index (χ1n) is 9.27. The topological polar surface area (TPSA) is 73.9 Å². The molecule has 7 heteroatoms. The Morgan fingerprint density at radius 2 is 1.65 bits per heavy atom. The maximum absolute atomic E-state index is 12.5. The largest absolute Gasteiger partial charge is 0.455 e. The van der Waals surface area contributed by atoms with Crippen LogP contribution in [0.3, 0.4) is 0 Å². The Hall–Kier alpha value is -1.08. The number of ether oxygens (including phenoxy) is 2. The number of amides is 1. The summed E-state index contributed by atoms with van der Waals surface area (Å²) in [6.45, 7) is 21.8. The summed E-state index contributed by atoms with van der Waals surface area (Å²) in [5.74, 6) is -0.698. The van der Waals surface area contributed by atoms with Gasteiger partial charge in [-0.3, -0.25) is 0 Å². The summed E-state index contributed by atoms with van der Waals surface area (Å²) >= 11 is 0. The molecule has 1 N–H and O–H groups in total. The van der Waals surface area contributed by atoms with Crippen LogP contribution >= 0.6 is 0 Å². The third-order valence-corrected chi connectivity index (χ3v) is 9.66. The van der Waals surface area contributed by atoms with Crippen LogP contribution < -0.4 is 5.32 Å². The van der Waals surface area contributed by atoms with Crippen LogP contribution in [0.4, 0.5) is 4.79 Å². The number of nitrogens with one attached hydrogen (secondary N) is 1. The number of cyclic esters (lactones) is 1. The third-order valence-electron chi connectivity index (χ3n) is 5.21. The van der Waals surface area contributed by atoms with Crippen LogP contribution in [0, 0.1) is 5.92 Å². The number of esters is 1. The fourth-order valence-electron chi connectivity index (χ4n) is 2.77. The molecule has 1 aliphatic heterocycles. The van der Waals surface area contributed by atoms with Crippen molar-refractivity contribution in [1.82, 2.24) is 5.32 Å². The van der Waals surface area contributed by atoms with Crippen molar-refractivity contribution in [2.75, 3.05) is 0 Å². The summed E-state index contributed by atoms with van der Waals surface area (Å²) in [4.78, 5) is 24.7. The van der Waals surface area contributed by atoms with Gasteiger partial charge < -0.3 is 19.2 Å². The number of rotatable bonds is 3. The van der Waals surface area contributed by atoms with E-state index in [1.54, 1.807) is 20.8 Å². The van der Waals surface area contributed by atoms with E-state index in [2.05, 4.69) is 39.2 Å². The van der Waals surface area contributed by atoms with Gasteiger partial charge in [-0.1, -0.05) is 27.7 Å². The highest BCUT2D eigenvalue weighted by atomic mass is 28.4. The molecule has 1 fully saturated rings. The highest BCUT2D eigenvalue weighted by molar-refractivity contribution is 6.74. The molecule has 0 bridgehead atoms. The Morgan fingerprint density at radius 3 is 2.08 bits per heavy atom. The van der Waals surface area contributed by atoms with Crippen molar-refractivity contribution in [3.8, 4) is 0 Å². The first kappa shape index (κ1) is 23.0. The van der Waals surface area contributed by atoms with Gasteiger partial charge in [-0.05, 0) is 52.8 Å². The number of alkyl carbamates (subject to hydrolysis) is 1. The number of carbonyl (C=O) groups excluding carboxylic acids is 2. The van der Waals surface area contributed by atoms with Gasteiger partial charge in [0.2, 0.25) is 0 Å². The van der Waals surface area contributed by atoms with E-state index in [4.69, 9.17) is 13.9 Å². The molecule has 0 saturated carbocycles. The molecule has 0 spiro atoms. The predicted molar refractivity (Wildman–Crippen MR) is 105 cm³/mol. The van der Waals surface area contributed by atoms with Crippen molar-refractivity contribution in [3.05, 3.63) is 0 Å². The fraction of sp³-hybridized carbons (Fsp3) is 0.895. The third kappa shape index (κ3) is 5.46. The molecule has 26 heavy (non-hydrogen) atoms. The first-order chi connectivity index (χ1) is 11.4. The molecule has 1 amide bonds. The Kier molecular flexibility index (Phi) is 6.31. The molecule has 0 aliphatic carbocycles. The maximum atomic E-state index is 12.5. The molecule has 3 atom stereocenters. The highest BCUT2D eigenvalue weighted by Crippen LogP contribution is 2.42. The van der Waals surface area contributed by atoms with E-state index in [1.165, 1.54) is 0 Å². The average molecular weight is 388 g/mol. The molecule has 1 rings (SSSR count). The molecule has 0 unspecified atom stereocenters. The van der Waals surface area contributed by atoms with E-state index < -0.39 is 37.6 Å². The first-order valence-corrected chi connectivity index (χ1v) is 12.2. The minimum atomic E-state index is -2.09. The number of hydrogen-bond acceptors (Lipinski definition) is 5. The molecule has 0 aromatic carbocycles. The summed E-state index contributed by atoms with van der Waals surface area (Å²) in [5, 5.41) is 2.69. The molecule has 1 saturated heterocycles. The molecule has 1 aliphatic rings. The van der Waals surface area contributed by atoms with E-state index in [0.29, 0.717) is 0 Å². The molecule has 0 aromatic rings. The van der Waals surface area contributed by atoms with Gasteiger partial charge in [-0.2, -0.15) is 0 Å². The molecule has 6 nitrogen and oxygen atoms in total. The van der Waals surface area contributed by atoms with Crippen molar-refractivity contribution < 1.29 is 23.5 Å². The number of carbonyl (C=O) groups is 2. The van der Waals surface area contributed by atoms with E-state index in [0.717, 1.165) is 0 Å². The Morgan fingerprint density at radius 1 is 1.15 bits per heavy atom. The summed E-state index contributed by atoms with van der Waals surface area (Å²) < 4.78 is 17.5. The molecular formula is C19H37NO5Si. The molecule has 152 valence electrons. The summed E-state index contributed by atoms with van der Waals surface area (Å²) in [5.41, 5.74) is -1.40. The van der Waals surface area contributed by atoms with Gasteiger partial charge in [0.1, 0.15) is 17.2 Å². The van der Waals surface area contributed by atoms with Crippen molar-refractivity contribution in [2.45, 2.75) is 104 Å². The van der Waals surface area contributed by atoms with Crippen molar-refractivity contribution in [3.63, 3.8) is 0 Å². The SMILES string of the molecule is C[C@H]1[C@H](NC(=O)OC(C)(C)C)C(=O)OC(C)(C)[C@H]1O[Si](C)(C)C(C)(C)C. The Bertz CT molecular complexity index is 545. The monoisotopic (exact) mass is 387 g/mol. The number of hydrogen-bond donors (Lipinski definition) is 1. The van der Waals surface area contributed by atoms with Crippen molar-refractivity contribution in [2.24, 2.45) is 5.92 Å². The van der Waals surface area contributed by atoms with E-state index in [-0.39, 0.29) is 17.1 Å². The Labute approximate surface area is 159 Å². The van der Waals surface area contributed by atoms with Crippen LogP contribution in [0.25, 0.3) is 0 Å². The second kappa shape index (κ2) is 7.15. The second-order valence-corrected chi connectivity index (χ2v) is 15.1. The van der Waals surface area contributed by atoms with Gasteiger partial charge in [0.15, 0.2) is 8.32 Å². The quantitative estimate of drug-likeness (QED) is 0.579. The minimum absolute atomic E-state index is 0.0261. The molecule has 0 radical (unpaired) electrons. The van der Waals surface area contributed by atoms with Crippen LogP contribution in [-0.4, -0.2) is 43.7 Å². The lowest BCUT2D eigenvalue weighted by Crippen LogP contribution is -2.64. The maximum Gasteiger partial charge on any atom is 0.408 e. The smallest absolute Gasteiger partial charge is 0.408 e. The lowest BCUT2D eigenvalue weighted by atomic mass is 9.83. The molecule has 1 heterocycles. The summed E-state index contributed by atoms with van der Waals surface area (Å²) in [7, 11) is -2.09. The van der Waals surface area contributed by atoms with Crippen LogP contribution in [0.15, 0.2) is 0 Å². The standard InChI is InChI=1S/C19H37NO5Si/c1-12-13(20-16(22)24-17(2,3)4)15(21)23-19(8,9)14(12)25-26(10,11)18(5,6)7/h12-14H,1-11H3,(H,20,22)/t12-,13-,14-/m0/s1. The second-order valence-electron chi connectivity index (χ2n) is 10.3. The van der Waals surface area contributed by atoms with Crippen molar-refractivity contribution in [1.29, 1.82) is 0 Å². The summed E-state index contributed by atoms with van der Waals surface area (Å²) in [6.07, 6.45) is -0.946. The van der Waals surface area contributed by atoms with Crippen LogP contribution in [0.5, 0.6) is 0 Å². The van der Waals surface area contributed by atoms with E-state index in [9.17, 15) is 9.59 Å². The van der Waals surface area contributed by atoms with Gasteiger partial charge in [-0.25, -0.2) is 9.59 Å². The zero-order valence-corrected chi connectivity index (χ0v) is 19.3. The predicted octanol–water partition coefficient (Wildman–Crippen LogP) is 4.24. The van der Waals surface area contributed by atoms with Gasteiger partial charge in [0.05, 0.1) is 6.10 Å². The van der Waals surface area contributed by atoms with E-state index >= 15 is 0 Å². The normalized spacial score (nSPS) is 26.9. The average Bonchev–Trinajstić information content (AvgIpc) is 2.36. The zero-order chi connectivity index (χ0) is 20.7. The minimum Gasteiger partial charge on any atom is -0.455 e. The van der Waals surface area contributed by atoms with Gasteiger partial charge in [0.25, 0.3) is 0 Å². The zero-order valence-electron chi connectivity index (χ0n) is 18.3.